The van der Waals surface area contributed by atoms with Crippen molar-refractivity contribution < 1.29 is 14.4 Å². The Hall–Kier alpha value is -1.60. The number of hydrogen-bond acceptors (Lipinski definition) is 4. The Bertz CT molecular complexity index is 648. The van der Waals surface area contributed by atoms with Crippen molar-refractivity contribution in [1.29, 1.82) is 0 Å². The molecule has 3 rings (SSSR count). The molecule has 1 aromatic heterocycles. The van der Waals surface area contributed by atoms with E-state index in [0.29, 0.717) is 29.3 Å². The van der Waals surface area contributed by atoms with E-state index in [1.54, 1.807) is 16.3 Å². The zero-order chi connectivity index (χ0) is 16.6. The van der Waals surface area contributed by atoms with Gasteiger partial charge in [-0.3, -0.25) is 14.4 Å². The molecule has 124 valence electrons. The Morgan fingerprint density at radius 2 is 2.30 bits per heavy atom. The van der Waals surface area contributed by atoms with E-state index in [9.17, 15) is 14.4 Å². The second kappa shape index (κ2) is 6.49. The molecular formula is C15H18ClN3O3S. The Morgan fingerprint density at radius 3 is 2.96 bits per heavy atom. The lowest BCUT2D eigenvalue weighted by atomic mass is 10.0. The lowest BCUT2D eigenvalue weighted by Gasteiger charge is -2.34. The van der Waals surface area contributed by atoms with Crippen LogP contribution in [0.2, 0.25) is 5.02 Å². The molecule has 2 fully saturated rings. The van der Waals surface area contributed by atoms with E-state index in [-0.39, 0.29) is 23.8 Å². The van der Waals surface area contributed by atoms with Gasteiger partial charge in [0, 0.05) is 12.6 Å². The average Bonchev–Trinajstić information content (AvgIpc) is 3.11. The van der Waals surface area contributed by atoms with Crippen molar-refractivity contribution in [3.05, 3.63) is 21.3 Å². The first-order valence-corrected chi connectivity index (χ1v) is 8.91. The summed E-state index contributed by atoms with van der Waals surface area (Å²) in [4.78, 5) is 38.9. The van der Waals surface area contributed by atoms with Crippen molar-refractivity contribution in [2.75, 3.05) is 6.54 Å². The lowest BCUT2D eigenvalue weighted by molar-refractivity contribution is -0.147. The predicted molar refractivity (Wildman–Crippen MR) is 87.5 cm³/mol. The fourth-order valence-corrected chi connectivity index (χ4v) is 4.20. The topological polar surface area (TPSA) is 78.5 Å². The number of fused-ring (bicyclic) bond motifs is 1. The van der Waals surface area contributed by atoms with E-state index in [1.165, 1.54) is 11.3 Å². The zero-order valence-electron chi connectivity index (χ0n) is 12.7. The third-order valence-corrected chi connectivity index (χ3v) is 5.58. The van der Waals surface area contributed by atoms with Crippen LogP contribution in [-0.2, 0) is 9.59 Å². The Balaban J connectivity index is 1.67. The molecule has 23 heavy (non-hydrogen) atoms. The highest BCUT2D eigenvalue weighted by Gasteiger charge is 2.46. The summed E-state index contributed by atoms with van der Waals surface area (Å²) in [5.41, 5.74) is 0. The Kier molecular flexibility index (Phi) is 4.59. The molecule has 0 aliphatic carbocycles. The maximum Gasteiger partial charge on any atom is 0.263 e. The molecule has 1 aromatic rings. The molecule has 0 aromatic carbocycles. The minimum Gasteiger partial charge on any atom is -0.347 e. The molecule has 0 unspecified atom stereocenters. The minimum atomic E-state index is -0.486. The molecule has 3 atom stereocenters. The van der Waals surface area contributed by atoms with E-state index in [4.69, 9.17) is 11.6 Å². The summed E-state index contributed by atoms with van der Waals surface area (Å²) in [6.45, 7) is 2.34. The molecule has 0 radical (unpaired) electrons. The molecule has 2 aliphatic rings. The average molecular weight is 356 g/mol. The Morgan fingerprint density at radius 1 is 1.52 bits per heavy atom. The molecule has 2 N–H and O–H groups in total. The number of amides is 3. The number of piperazine rings is 1. The third kappa shape index (κ3) is 3.07. The van der Waals surface area contributed by atoms with Crippen molar-refractivity contribution in [3.8, 4) is 0 Å². The van der Waals surface area contributed by atoms with Gasteiger partial charge in [-0.05, 0) is 24.3 Å². The first-order chi connectivity index (χ1) is 11.0. The number of nitrogens with zero attached hydrogens (tertiary/aromatic N) is 1. The SMILES string of the molecule is CCC[C@@H]1NC(=O)[C@@H]2C[C@H](NC(=O)c3sccc3Cl)CN2C1=O. The quantitative estimate of drug-likeness (QED) is 0.857. The first kappa shape index (κ1) is 16.3. The Labute approximate surface area is 143 Å². The summed E-state index contributed by atoms with van der Waals surface area (Å²) in [6, 6.07) is 0.510. The maximum atomic E-state index is 12.4. The van der Waals surface area contributed by atoms with Crippen LogP contribution in [0.3, 0.4) is 0 Å². The summed E-state index contributed by atoms with van der Waals surface area (Å²) < 4.78 is 0. The van der Waals surface area contributed by atoms with Crippen LogP contribution >= 0.6 is 22.9 Å². The maximum absolute atomic E-state index is 12.4. The number of carbonyl (C=O) groups excluding carboxylic acids is 3. The minimum absolute atomic E-state index is 0.0534. The van der Waals surface area contributed by atoms with Crippen molar-refractivity contribution in [2.24, 2.45) is 0 Å². The van der Waals surface area contributed by atoms with Gasteiger partial charge in [-0.15, -0.1) is 11.3 Å². The predicted octanol–water partition coefficient (Wildman–Crippen LogP) is 1.40. The third-order valence-electron chi connectivity index (χ3n) is 4.24. The molecule has 6 nitrogen and oxygen atoms in total. The van der Waals surface area contributed by atoms with Crippen LogP contribution in [0.1, 0.15) is 35.9 Å². The van der Waals surface area contributed by atoms with Gasteiger partial charge in [0.15, 0.2) is 0 Å². The fraction of sp³-hybridized carbons (Fsp3) is 0.533. The summed E-state index contributed by atoms with van der Waals surface area (Å²) in [5, 5.41) is 7.83. The van der Waals surface area contributed by atoms with E-state index in [0.717, 1.165) is 6.42 Å². The van der Waals surface area contributed by atoms with E-state index < -0.39 is 12.1 Å². The van der Waals surface area contributed by atoms with Crippen LogP contribution in [-0.4, -0.2) is 47.3 Å². The standard InChI is InChI=1S/C15H18ClN3O3S/c1-2-3-10-15(22)19-7-8(6-11(19)13(20)18-10)17-14(21)12-9(16)4-5-23-12/h4-5,8,10-11H,2-3,6-7H2,1H3,(H,17,21)(H,18,20)/t8-,10-,11-/m0/s1. The summed E-state index contributed by atoms with van der Waals surface area (Å²) in [5.74, 6) is -0.441. The largest absolute Gasteiger partial charge is 0.347 e. The van der Waals surface area contributed by atoms with Gasteiger partial charge in [0.25, 0.3) is 5.91 Å². The summed E-state index contributed by atoms with van der Waals surface area (Å²) in [7, 11) is 0. The van der Waals surface area contributed by atoms with Gasteiger partial charge in [0.1, 0.15) is 17.0 Å². The molecule has 3 heterocycles. The summed E-state index contributed by atoms with van der Waals surface area (Å²) in [6.07, 6.45) is 1.90. The number of halogens is 1. The highest BCUT2D eigenvalue weighted by Crippen LogP contribution is 2.26. The normalized spacial score (nSPS) is 26.9. The fourth-order valence-electron chi connectivity index (χ4n) is 3.15. The first-order valence-electron chi connectivity index (χ1n) is 7.66. The van der Waals surface area contributed by atoms with Gasteiger partial charge >= 0.3 is 0 Å². The molecular weight excluding hydrogens is 338 g/mol. The monoisotopic (exact) mass is 355 g/mol. The second-order valence-electron chi connectivity index (χ2n) is 5.86. The molecule has 0 bridgehead atoms. The highest BCUT2D eigenvalue weighted by atomic mass is 35.5. The van der Waals surface area contributed by atoms with Crippen LogP contribution in [0.15, 0.2) is 11.4 Å². The van der Waals surface area contributed by atoms with Gasteiger partial charge in [0.2, 0.25) is 11.8 Å². The van der Waals surface area contributed by atoms with Gasteiger partial charge in [-0.2, -0.15) is 0 Å². The van der Waals surface area contributed by atoms with Crippen LogP contribution < -0.4 is 10.6 Å². The van der Waals surface area contributed by atoms with Crippen molar-refractivity contribution in [2.45, 2.75) is 44.3 Å². The van der Waals surface area contributed by atoms with Gasteiger partial charge in [-0.1, -0.05) is 24.9 Å². The van der Waals surface area contributed by atoms with Crippen molar-refractivity contribution >= 4 is 40.7 Å². The lowest BCUT2D eigenvalue weighted by Crippen LogP contribution is -2.61. The van der Waals surface area contributed by atoms with E-state index >= 15 is 0 Å². The zero-order valence-corrected chi connectivity index (χ0v) is 14.2. The second-order valence-corrected chi connectivity index (χ2v) is 7.18. The van der Waals surface area contributed by atoms with E-state index in [1.807, 2.05) is 6.92 Å². The van der Waals surface area contributed by atoms with Crippen LogP contribution in [0.4, 0.5) is 0 Å². The highest BCUT2D eigenvalue weighted by molar-refractivity contribution is 7.12. The molecule has 2 saturated heterocycles. The van der Waals surface area contributed by atoms with Gasteiger partial charge < -0.3 is 15.5 Å². The number of thiophene rings is 1. The van der Waals surface area contributed by atoms with Gasteiger partial charge in [-0.25, -0.2) is 0 Å². The molecule has 3 amide bonds. The molecule has 2 aliphatic heterocycles. The molecule has 0 spiro atoms. The smallest absolute Gasteiger partial charge is 0.263 e. The van der Waals surface area contributed by atoms with Crippen LogP contribution in [0.25, 0.3) is 0 Å². The van der Waals surface area contributed by atoms with Crippen molar-refractivity contribution in [1.82, 2.24) is 15.5 Å². The van der Waals surface area contributed by atoms with E-state index in [2.05, 4.69) is 10.6 Å². The van der Waals surface area contributed by atoms with Crippen LogP contribution in [0, 0.1) is 0 Å². The molecule has 8 heteroatoms. The number of nitrogens with one attached hydrogen (secondary N) is 2. The number of rotatable bonds is 4. The number of carbonyl (C=O) groups is 3. The van der Waals surface area contributed by atoms with Gasteiger partial charge in [0.05, 0.1) is 5.02 Å². The van der Waals surface area contributed by atoms with Crippen molar-refractivity contribution in [3.63, 3.8) is 0 Å². The molecule has 0 saturated carbocycles. The van der Waals surface area contributed by atoms with Crippen LogP contribution in [0.5, 0.6) is 0 Å². The number of hydrogen-bond donors (Lipinski definition) is 2. The summed E-state index contributed by atoms with van der Waals surface area (Å²) >= 11 is 7.23.